The van der Waals surface area contributed by atoms with E-state index in [-0.39, 0.29) is 23.6 Å². The van der Waals surface area contributed by atoms with Crippen molar-refractivity contribution in [1.82, 2.24) is 10.2 Å². The van der Waals surface area contributed by atoms with Gasteiger partial charge in [0, 0.05) is 34.8 Å². The number of halogens is 2. The quantitative estimate of drug-likeness (QED) is 0.263. The van der Waals surface area contributed by atoms with Gasteiger partial charge in [-0.15, -0.1) is 11.8 Å². The van der Waals surface area contributed by atoms with E-state index in [0.29, 0.717) is 28.8 Å². The molecule has 4 rings (SSSR count). The Hall–Kier alpha value is -2.47. The van der Waals surface area contributed by atoms with Crippen LogP contribution in [0.4, 0.5) is 0 Å². The van der Waals surface area contributed by atoms with Crippen LogP contribution in [0, 0.1) is 0 Å². The van der Waals surface area contributed by atoms with Gasteiger partial charge in [-0.25, -0.2) is 0 Å². The summed E-state index contributed by atoms with van der Waals surface area (Å²) in [4.78, 5) is 29.3. The molecule has 3 aromatic rings. The zero-order chi connectivity index (χ0) is 26.7. The number of rotatable bonds is 11. The predicted octanol–water partition coefficient (Wildman–Crippen LogP) is 7.32. The van der Waals surface area contributed by atoms with Gasteiger partial charge < -0.3 is 10.2 Å². The summed E-state index contributed by atoms with van der Waals surface area (Å²) < 4.78 is 0. The third-order valence-electron chi connectivity index (χ3n) is 6.87. The molecule has 200 valence electrons. The van der Waals surface area contributed by atoms with Gasteiger partial charge in [0.05, 0.1) is 5.75 Å². The Morgan fingerprint density at radius 3 is 2.26 bits per heavy atom. The van der Waals surface area contributed by atoms with Crippen molar-refractivity contribution in [3.8, 4) is 0 Å². The number of carbonyl (C=O) groups excluding carboxylic acids is 2. The topological polar surface area (TPSA) is 49.4 Å². The highest BCUT2D eigenvalue weighted by Crippen LogP contribution is 2.22. The molecule has 1 saturated carbocycles. The van der Waals surface area contributed by atoms with Crippen molar-refractivity contribution < 1.29 is 9.59 Å². The Morgan fingerprint density at radius 1 is 0.842 bits per heavy atom. The van der Waals surface area contributed by atoms with Crippen LogP contribution >= 0.6 is 35.0 Å². The fraction of sp³-hybridized carbons (Fsp3) is 0.355. The molecule has 1 aliphatic rings. The maximum absolute atomic E-state index is 13.8. The molecule has 3 aromatic carbocycles. The van der Waals surface area contributed by atoms with Gasteiger partial charge in [-0.3, -0.25) is 9.59 Å². The Labute approximate surface area is 240 Å². The maximum Gasteiger partial charge on any atom is 0.243 e. The van der Waals surface area contributed by atoms with E-state index in [0.717, 1.165) is 42.4 Å². The first kappa shape index (κ1) is 28.5. The second-order valence-corrected chi connectivity index (χ2v) is 11.7. The van der Waals surface area contributed by atoms with Crippen LogP contribution in [0.1, 0.15) is 48.8 Å². The number of amides is 2. The van der Waals surface area contributed by atoms with Crippen molar-refractivity contribution in [2.24, 2.45) is 0 Å². The fourth-order valence-electron chi connectivity index (χ4n) is 4.85. The molecule has 1 N–H and O–H groups in total. The molecule has 4 nitrogen and oxygen atoms in total. The van der Waals surface area contributed by atoms with Crippen LogP contribution in [-0.2, 0) is 28.3 Å². The van der Waals surface area contributed by atoms with E-state index >= 15 is 0 Å². The van der Waals surface area contributed by atoms with E-state index in [1.54, 1.807) is 16.7 Å². The first-order valence-electron chi connectivity index (χ1n) is 13.2. The van der Waals surface area contributed by atoms with E-state index in [2.05, 4.69) is 5.32 Å². The Bertz CT molecular complexity index is 1180. The second kappa shape index (κ2) is 14.6. The van der Waals surface area contributed by atoms with Gasteiger partial charge in [0.15, 0.2) is 0 Å². The first-order valence-corrected chi connectivity index (χ1v) is 15.1. The molecule has 0 radical (unpaired) electrons. The minimum atomic E-state index is -0.623. The molecule has 38 heavy (non-hydrogen) atoms. The van der Waals surface area contributed by atoms with Crippen LogP contribution in [0.2, 0.25) is 10.0 Å². The standard InChI is InChI=1S/C31H34Cl2N2O2S/c32-26-16-14-24(15-17-26)21-38-22-30(36)35(20-25-10-7-11-27(33)18-25)29(19-23-8-3-1-4-9-23)31(37)34-28-12-5-2-6-13-28/h1,3-4,7-11,14-18,28-29H,2,5-6,12-13,19-22H2,(H,34,37)/t29-/m1/s1. The number of nitrogens with zero attached hydrogens (tertiary/aromatic N) is 1. The summed E-state index contributed by atoms with van der Waals surface area (Å²) >= 11 is 13.8. The Morgan fingerprint density at radius 2 is 1.55 bits per heavy atom. The average Bonchev–Trinajstić information content (AvgIpc) is 2.93. The van der Waals surface area contributed by atoms with Gasteiger partial charge in [0.1, 0.15) is 6.04 Å². The van der Waals surface area contributed by atoms with Crippen molar-refractivity contribution in [2.75, 3.05) is 5.75 Å². The Balaban J connectivity index is 1.56. The second-order valence-electron chi connectivity index (χ2n) is 9.82. The summed E-state index contributed by atoms with van der Waals surface area (Å²) in [5.41, 5.74) is 3.02. The summed E-state index contributed by atoms with van der Waals surface area (Å²) in [5.74, 6) is 0.805. The SMILES string of the molecule is O=C(NC1CCCCC1)[C@@H](Cc1ccccc1)N(Cc1cccc(Cl)c1)C(=O)CSCc1ccc(Cl)cc1. The van der Waals surface area contributed by atoms with Gasteiger partial charge in [-0.2, -0.15) is 0 Å². The zero-order valence-corrected chi connectivity index (χ0v) is 23.8. The zero-order valence-electron chi connectivity index (χ0n) is 21.5. The summed E-state index contributed by atoms with van der Waals surface area (Å²) in [6, 6.07) is 24.6. The minimum Gasteiger partial charge on any atom is -0.352 e. The molecule has 0 aliphatic heterocycles. The predicted molar refractivity (Wildman–Crippen MR) is 159 cm³/mol. The van der Waals surface area contributed by atoms with E-state index in [4.69, 9.17) is 23.2 Å². The molecule has 0 unspecified atom stereocenters. The number of nitrogens with one attached hydrogen (secondary N) is 1. The highest BCUT2D eigenvalue weighted by atomic mass is 35.5. The van der Waals surface area contributed by atoms with Crippen LogP contribution in [0.15, 0.2) is 78.9 Å². The number of hydrogen-bond acceptors (Lipinski definition) is 3. The van der Waals surface area contributed by atoms with Crippen molar-refractivity contribution in [1.29, 1.82) is 0 Å². The third-order valence-corrected chi connectivity index (χ3v) is 8.35. The van der Waals surface area contributed by atoms with Crippen molar-refractivity contribution >= 4 is 46.8 Å². The summed E-state index contributed by atoms with van der Waals surface area (Å²) in [6.07, 6.45) is 5.89. The molecule has 0 heterocycles. The third kappa shape index (κ3) is 8.79. The van der Waals surface area contributed by atoms with E-state index < -0.39 is 6.04 Å². The van der Waals surface area contributed by atoms with Crippen molar-refractivity contribution in [2.45, 2.75) is 62.9 Å². The summed E-state index contributed by atoms with van der Waals surface area (Å²) in [5, 5.41) is 4.58. The summed E-state index contributed by atoms with van der Waals surface area (Å²) in [6.45, 7) is 0.316. The lowest BCUT2D eigenvalue weighted by atomic mass is 9.94. The van der Waals surface area contributed by atoms with Crippen LogP contribution < -0.4 is 5.32 Å². The maximum atomic E-state index is 13.8. The highest BCUT2D eigenvalue weighted by molar-refractivity contribution is 7.99. The summed E-state index contributed by atoms with van der Waals surface area (Å²) in [7, 11) is 0. The fourth-order valence-corrected chi connectivity index (χ4v) is 6.06. The molecular formula is C31H34Cl2N2O2S. The van der Waals surface area contributed by atoms with E-state index in [1.807, 2.05) is 78.9 Å². The lowest BCUT2D eigenvalue weighted by Crippen LogP contribution is -2.53. The molecule has 2 amide bonds. The number of thioether (sulfide) groups is 1. The van der Waals surface area contributed by atoms with Crippen LogP contribution in [0.5, 0.6) is 0 Å². The van der Waals surface area contributed by atoms with Gasteiger partial charge in [0.2, 0.25) is 11.8 Å². The molecule has 0 saturated heterocycles. The van der Waals surface area contributed by atoms with Gasteiger partial charge >= 0.3 is 0 Å². The van der Waals surface area contributed by atoms with E-state index in [9.17, 15) is 9.59 Å². The number of hydrogen-bond donors (Lipinski definition) is 1. The lowest BCUT2D eigenvalue weighted by Gasteiger charge is -2.33. The van der Waals surface area contributed by atoms with Gasteiger partial charge in [-0.05, 0) is 53.8 Å². The molecule has 1 aliphatic carbocycles. The lowest BCUT2D eigenvalue weighted by molar-refractivity contribution is -0.139. The number of carbonyl (C=O) groups is 2. The van der Waals surface area contributed by atoms with Crippen molar-refractivity contribution in [3.05, 3.63) is 106 Å². The molecule has 7 heteroatoms. The monoisotopic (exact) mass is 568 g/mol. The molecular weight excluding hydrogens is 535 g/mol. The van der Waals surface area contributed by atoms with Gasteiger partial charge in [-0.1, -0.05) is 97.1 Å². The normalized spacial score (nSPS) is 14.6. The largest absolute Gasteiger partial charge is 0.352 e. The average molecular weight is 570 g/mol. The van der Waals surface area contributed by atoms with Gasteiger partial charge in [0.25, 0.3) is 0 Å². The Kier molecular flexibility index (Phi) is 11.0. The van der Waals surface area contributed by atoms with Crippen LogP contribution in [-0.4, -0.2) is 34.6 Å². The molecule has 0 bridgehead atoms. The van der Waals surface area contributed by atoms with Crippen LogP contribution in [0.25, 0.3) is 0 Å². The van der Waals surface area contributed by atoms with Crippen molar-refractivity contribution in [3.63, 3.8) is 0 Å². The van der Waals surface area contributed by atoms with Crippen LogP contribution in [0.3, 0.4) is 0 Å². The number of benzene rings is 3. The molecule has 1 atom stereocenters. The molecule has 0 spiro atoms. The molecule has 1 fully saturated rings. The van der Waals surface area contributed by atoms with E-state index in [1.165, 1.54) is 6.42 Å². The highest BCUT2D eigenvalue weighted by Gasteiger charge is 2.31. The molecule has 0 aromatic heterocycles. The minimum absolute atomic E-state index is 0.0661. The smallest absolute Gasteiger partial charge is 0.243 e. The first-order chi connectivity index (χ1) is 18.5.